The van der Waals surface area contributed by atoms with E-state index in [-0.39, 0.29) is 5.91 Å². The van der Waals surface area contributed by atoms with Crippen molar-refractivity contribution < 1.29 is 19.4 Å². The van der Waals surface area contributed by atoms with Crippen LogP contribution in [0.15, 0.2) is 18.2 Å². The number of rotatable bonds is 3. The molecule has 19 heavy (non-hydrogen) atoms. The molecule has 1 atom stereocenters. The Morgan fingerprint density at radius 3 is 2.74 bits per heavy atom. The molecule has 1 saturated heterocycles. The molecule has 2 rings (SSSR count). The van der Waals surface area contributed by atoms with E-state index in [0.717, 1.165) is 12.0 Å². The third-order valence-corrected chi connectivity index (χ3v) is 3.44. The lowest BCUT2D eigenvalue weighted by Gasteiger charge is -2.21. The Labute approximate surface area is 111 Å². The number of aliphatic carboxylic acids is 1. The molecule has 0 aromatic heterocycles. The van der Waals surface area contributed by atoms with Gasteiger partial charge in [0.25, 0.3) is 5.91 Å². The highest BCUT2D eigenvalue weighted by atomic mass is 16.5. The van der Waals surface area contributed by atoms with Crippen molar-refractivity contribution in [3.63, 3.8) is 0 Å². The van der Waals surface area contributed by atoms with Crippen LogP contribution >= 0.6 is 0 Å². The van der Waals surface area contributed by atoms with Gasteiger partial charge in [0.05, 0.1) is 7.11 Å². The summed E-state index contributed by atoms with van der Waals surface area (Å²) in [6, 6.07) is 4.44. The van der Waals surface area contributed by atoms with Gasteiger partial charge in [-0.25, -0.2) is 4.79 Å². The molecule has 0 aliphatic carbocycles. The molecule has 5 heteroatoms. The molecule has 0 bridgehead atoms. The van der Waals surface area contributed by atoms with Gasteiger partial charge in [0.15, 0.2) is 0 Å². The van der Waals surface area contributed by atoms with Gasteiger partial charge in [-0.1, -0.05) is 0 Å². The number of benzene rings is 1. The van der Waals surface area contributed by atoms with Gasteiger partial charge >= 0.3 is 5.97 Å². The largest absolute Gasteiger partial charge is 0.496 e. The fraction of sp³-hybridized carbons (Fsp3) is 0.429. The molecular formula is C14H17NO4. The highest BCUT2D eigenvalue weighted by Crippen LogP contribution is 2.23. The molecule has 1 amide bonds. The van der Waals surface area contributed by atoms with Gasteiger partial charge in [0.2, 0.25) is 0 Å². The highest BCUT2D eigenvalue weighted by molar-refractivity contribution is 5.97. The van der Waals surface area contributed by atoms with E-state index in [4.69, 9.17) is 9.84 Å². The summed E-state index contributed by atoms with van der Waals surface area (Å²) in [5.74, 6) is -0.445. The predicted octanol–water partition coefficient (Wildman–Crippen LogP) is 1.69. The Balaban J connectivity index is 2.24. The quantitative estimate of drug-likeness (QED) is 0.901. The Morgan fingerprint density at radius 2 is 2.16 bits per heavy atom. The third-order valence-electron chi connectivity index (χ3n) is 3.44. The average Bonchev–Trinajstić information content (AvgIpc) is 2.87. The second-order valence-corrected chi connectivity index (χ2v) is 4.68. The first-order chi connectivity index (χ1) is 9.04. The maximum Gasteiger partial charge on any atom is 0.326 e. The van der Waals surface area contributed by atoms with Crippen LogP contribution in [-0.4, -0.2) is 41.6 Å². The van der Waals surface area contributed by atoms with Crippen molar-refractivity contribution in [1.82, 2.24) is 4.90 Å². The molecule has 1 aliphatic heterocycles. The predicted molar refractivity (Wildman–Crippen MR) is 69.4 cm³/mol. The van der Waals surface area contributed by atoms with Crippen LogP contribution in [0, 0.1) is 6.92 Å². The third kappa shape index (κ3) is 2.54. The van der Waals surface area contributed by atoms with E-state index in [9.17, 15) is 9.59 Å². The minimum absolute atomic E-state index is 0.226. The zero-order valence-corrected chi connectivity index (χ0v) is 11.0. The van der Waals surface area contributed by atoms with E-state index >= 15 is 0 Å². The normalized spacial score (nSPS) is 18.4. The van der Waals surface area contributed by atoms with E-state index in [1.54, 1.807) is 25.3 Å². The van der Waals surface area contributed by atoms with Crippen LogP contribution in [0.2, 0.25) is 0 Å². The number of carbonyl (C=O) groups excluding carboxylic acids is 1. The molecule has 1 fully saturated rings. The summed E-state index contributed by atoms with van der Waals surface area (Å²) in [7, 11) is 1.57. The summed E-state index contributed by atoms with van der Waals surface area (Å²) in [4.78, 5) is 24.9. The lowest BCUT2D eigenvalue weighted by Crippen LogP contribution is -2.40. The Hall–Kier alpha value is -2.04. The molecule has 1 aromatic rings. The number of ether oxygens (including phenoxy) is 1. The van der Waals surface area contributed by atoms with Gasteiger partial charge in [0, 0.05) is 12.1 Å². The molecule has 102 valence electrons. The van der Waals surface area contributed by atoms with E-state index < -0.39 is 12.0 Å². The minimum Gasteiger partial charge on any atom is -0.496 e. The highest BCUT2D eigenvalue weighted by Gasteiger charge is 2.34. The first kappa shape index (κ1) is 13.4. The van der Waals surface area contributed by atoms with Crippen molar-refractivity contribution in [1.29, 1.82) is 0 Å². The topological polar surface area (TPSA) is 66.8 Å². The van der Waals surface area contributed by atoms with Crippen LogP contribution in [0.3, 0.4) is 0 Å². The second kappa shape index (κ2) is 5.30. The summed E-state index contributed by atoms with van der Waals surface area (Å²) in [5.41, 5.74) is 1.37. The van der Waals surface area contributed by atoms with Crippen molar-refractivity contribution in [2.45, 2.75) is 25.8 Å². The van der Waals surface area contributed by atoms with E-state index in [0.29, 0.717) is 24.3 Å². The van der Waals surface area contributed by atoms with Crippen molar-refractivity contribution in [3.05, 3.63) is 29.3 Å². The molecule has 0 spiro atoms. The number of likely N-dealkylation sites (tertiary alicyclic amines) is 1. The zero-order chi connectivity index (χ0) is 14.0. The number of carbonyl (C=O) groups is 2. The molecule has 1 aliphatic rings. The molecule has 1 aromatic carbocycles. The van der Waals surface area contributed by atoms with Crippen LogP contribution in [0.25, 0.3) is 0 Å². The van der Waals surface area contributed by atoms with Crippen LogP contribution < -0.4 is 4.74 Å². The monoisotopic (exact) mass is 263 g/mol. The van der Waals surface area contributed by atoms with Gasteiger partial charge in [-0.05, 0) is 43.5 Å². The number of hydrogen-bond acceptors (Lipinski definition) is 3. The summed E-state index contributed by atoms with van der Waals surface area (Å²) in [6.45, 7) is 2.36. The van der Waals surface area contributed by atoms with Crippen LogP contribution in [-0.2, 0) is 4.79 Å². The summed E-state index contributed by atoms with van der Waals surface area (Å²) < 4.78 is 5.15. The Morgan fingerprint density at radius 1 is 1.42 bits per heavy atom. The zero-order valence-electron chi connectivity index (χ0n) is 11.0. The molecule has 0 radical (unpaired) electrons. The number of aryl methyl sites for hydroxylation is 1. The van der Waals surface area contributed by atoms with Crippen LogP contribution in [0.1, 0.15) is 28.8 Å². The van der Waals surface area contributed by atoms with Gasteiger partial charge in [0.1, 0.15) is 11.8 Å². The molecule has 0 saturated carbocycles. The maximum absolute atomic E-state index is 12.3. The van der Waals surface area contributed by atoms with Gasteiger partial charge < -0.3 is 14.7 Å². The average molecular weight is 263 g/mol. The maximum atomic E-state index is 12.3. The van der Waals surface area contributed by atoms with Crippen molar-refractivity contribution in [2.24, 2.45) is 0 Å². The number of nitrogens with zero attached hydrogens (tertiary/aromatic N) is 1. The Bertz CT molecular complexity index is 512. The summed E-state index contributed by atoms with van der Waals surface area (Å²) >= 11 is 0. The van der Waals surface area contributed by atoms with Crippen molar-refractivity contribution in [2.75, 3.05) is 13.7 Å². The Kier molecular flexibility index (Phi) is 3.74. The fourth-order valence-corrected chi connectivity index (χ4v) is 2.44. The second-order valence-electron chi connectivity index (χ2n) is 4.68. The van der Waals surface area contributed by atoms with E-state index in [1.165, 1.54) is 4.90 Å². The number of carboxylic acid groups (broad SMARTS) is 1. The van der Waals surface area contributed by atoms with Crippen molar-refractivity contribution >= 4 is 11.9 Å². The molecular weight excluding hydrogens is 246 g/mol. The SMILES string of the molecule is COc1ccc(C(=O)N2CCCC2C(=O)O)cc1C. The van der Waals surface area contributed by atoms with E-state index in [2.05, 4.69) is 0 Å². The van der Waals surface area contributed by atoms with Crippen molar-refractivity contribution in [3.8, 4) is 5.75 Å². The number of carboxylic acids is 1. The summed E-state index contributed by atoms with van der Waals surface area (Å²) in [5, 5.41) is 9.10. The number of amides is 1. The van der Waals surface area contributed by atoms with Gasteiger partial charge in [-0.3, -0.25) is 4.79 Å². The lowest BCUT2D eigenvalue weighted by molar-refractivity contribution is -0.141. The molecule has 1 N–H and O–H groups in total. The summed E-state index contributed by atoms with van der Waals surface area (Å²) in [6.07, 6.45) is 1.26. The van der Waals surface area contributed by atoms with Gasteiger partial charge in [-0.2, -0.15) is 0 Å². The van der Waals surface area contributed by atoms with E-state index in [1.807, 2.05) is 6.92 Å². The van der Waals surface area contributed by atoms with Crippen LogP contribution in [0.5, 0.6) is 5.75 Å². The first-order valence-electron chi connectivity index (χ1n) is 6.23. The van der Waals surface area contributed by atoms with Crippen LogP contribution in [0.4, 0.5) is 0 Å². The number of methoxy groups -OCH3 is 1. The molecule has 5 nitrogen and oxygen atoms in total. The molecule has 1 unspecified atom stereocenters. The lowest BCUT2D eigenvalue weighted by atomic mass is 10.1. The smallest absolute Gasteiger partial charge is 0.326 e. The minimum atomic E-state index is -0.934. The number of hydrogen-bond donors (Lipinski definition) is 1. The molecule has 1 heterocycles. The van der Waals surface area contributed by atoms with Gasteiger partial charge in [-0.15, -0.1) is 0 Å². The standard InChI is InChI=1S/C14H17NO4/c1-9-8-10(5-6-12(9)19-2)13(16)15-7-3-4-11(15)14(17)18/h5-6,8,11H,3-4,7H2,1-2H3,(H,17,18). The first-order valence-corrected chi connectivity index (χ1v) is 6.23. The fourth-order valence-electron chi connectivity index (χ4n) is 2.44.